The molecule has 38 heavy (non-hydrogen) atoms. The number of aryl methyl sites for hydroxylation is 1. The van der Waals surface area contributed by atoms with Crippen LogP contribution in [0, 0.1) is 6.92 Å². The quantitative estimate of drug-likeness (QED) is 0.156. The summed E-state index contributed by atoms with van der Waals surface area (Å²) in [5.41, 5.74) is 2.62. The molecule has 6 nitrogen and oxygen atoms in total. The Morgan fingerprint density at radius 1 is 1.05 bits per heavy atom. The SMILES string of the molecule is CCOc1cc(/C=C2\C(=O)NC(=S)N(c3ccc(Br)cc3C)C2=O)cc(Br)c1OCc1ccc(Cl)cc1Cl. The second-order valence-corrected chi connectivity index (χ2v) is 11.2. The van der Waals surface area contributed by atoms with E-state index in [0.717, 1.165) is 15.6 Å². The Hall–Kier alpha value is -2.43. The summed E-state index contributed by atoms with van der Waals surface area (Å²) in [5.74, 6) is -0.236. The summed E-state index contributed by atoms with van der Waals surface area (Å²) in [4.78, 5) is 27.6. The fourth-order valence-corrected chi connectivity index (χ4v) is 5.56. The van der Waals surface area contributed by atoms with Crippen LogP contribution in [0.3, 0.4) is 0 Å². The topological polar surface area (TPSA) is 67.9 Å². The molecular formula is C27H20Br2Cl2N2O4S. The van der Waals surface area contributed by atoms with Crippen molar-refractivity contribution < 1.29 is 19.1 Å². The molecular weight excluding hydrogens is 679 g/mol. The number of carbonyl (C=O) groups excluding carboxylic acids is 2. The van der Waals surface area contributed by atoms with Crippen LogP contribution in [0.15, 0.2) is 63.0 Å². The van der Waals surface area contributed by atoms with E-state index in [1.165, 1.54) is 11.0 Å². The number of benzene rings is 3. The van der Waals surface area contributed by atoms with Gasteiger partial charge in [-0.2, -0.15) is 0 Å². The lowest BCUT2D eigenvalue weighted by atomic mass is 10.1. The molecule has 0 radical (unpaired) electrons. The van der Waals surface area contributed by atoms with E-state index in [4.69, 9.17) is 44.9 Å². The lowest BCUT2D eigenvalue weighted by Gasteiger charge is -2.30. The highest BCUT2D eigenvalue weighted by molar-refractivity contribution is 9.10. The predicted molar refractivity (Wildman–Crippen MR) is 161 cm³/mol. The molecule has 0 atom stereocenters. The van der Waals surface area contributed by atoms with Gasteiger partial charge in [0.05, 0.1) is 16.8 Å². The van der Waals surface area contributed by atoms with Crippen LogP contribution < -0.4 is 19.7 Å². The average Bonchev–Trinajstić information content (AvgIpc) is 2.83. The number of amides is 2. The molecule has 196 valence electrons. The van der Waals surface area contributed by atoms with Crippen molar-refractivity contribution in [2.45, 2.75) is 20.5 Å². The van der Waals surface area contributed by atoms with E-state index < -0.39 is 11.8 Å². The maximum absolute atomic E-state index is 13.5. The maximum Gasteiger partial charge on any atom is 0.270 e. The van der Waals surface area contributed by atoms with Gasteiger partial charge in [-0.25, -0.2) is 0 Å². The Balaban J connectivity index is 1.67. The van der Waals surface area contributed by atoms with Gasteiger partial charge in [-0.1, -0.05) is 45.2 Å². The number of hydrogen-bond acceptors (Lipinski definition) is 5. The predicted octanol–water partition coefficient (Wildman–Crippen LogP) is 7.64. The van der Waals surface area contributed by atoms with E-state index in [9.17, 15) is 9.59 Å². The van der Waals surface area contributed by atoms with Crippen molar-refractivity contribution in [3.05, 3.63) is 89.8 Å². The van der Waals surface area contributed by atoms with Crippen molar-refractivity contribution >= 4 is 96.0 Å². The first-order valence-electron chi connectivity index (χ1n) is 11.3. The van der Waals surface area contributed by atoms with Gasteiger partial charge in [-0.3, -0.25) is 19.8 Å². The van der Waals surface area contributed by atoms with Gasteiger partial charge in [0.15, 0.2) is 16.6 Å². The van der Waals surface area contributed by atoms with Crippen molar-refractivity contribution in [3.63, 3.8) is 0 Å². The first-order valence-corrected chi connectivity index (χ1v) is 14.0. The fraction of sp³-hybridized carbons (Fsp3) is 0.148. The summed E-state index contributed by atoms with van der Waals surface area (Å²) < 4.78 is 13.3. The summed E-state index contributed by atoms with van der Waals surface area (Å²) in [6.45, 7) is 4.25. The Kier molecular flexibility index (Phi) is 9.15. The Bertz CT molecular complexity index is 1500. The molecule has 0 spiro atoms. The van der Waals surface area contributed by atoms with Gasteiger partial charge >= 0.3 is 0 Å². The van der Waals surface area contributed by atoms with Crippen LogP contribution in [-0.4, -0.2) is 23.5 Å². The lowest BCUT2D eigenvalue weighted by Crippen LogP contribution is -2.54. The van der Waals surface area contributed by atoms with Gasteiger partial charge in [-0.15, -0.1) is 0 Å². The summed E-state index contributed by atoms with van der Waals surface area (Å²) in [6.07, 6.45) is 1.49. The number of rotatable bonds is 7. The van der Waals surface area contributed by atoms with Crippen LogP contribution in [0.5, 0.6) is 11.5 Å². The fourth-order valence-electron chi connectivity index (χ4n) is 3.78. The van der Waals surface area contributed by atoms with Gasteiger partial charge in [0, 0.05) is 20.1 Å². The number of nitrogens with zero attached hydrogens (tertiary/aromatic N) is 1. The van der Waals surface area contributed by atoms with Gasteiger partial charge in [0.1, 0.15) is 12.2 Å². The first kappa shape index (κ1) is 28.6. The molecule has 1 heterocycles. The van der Waals surface area contributed by atoms with Crippen LogP contribution in [0.4, 0.5) is 5.69 Å². The van der Waals surface area contributed by atoms with Gasteiger partial charge < -0.3 is 9.47 Å². The number of halogens is 4. The molecule has 1 fully saturated rings. The van der Waals surface area contributed by atoms with E-state index in [1.807, 2.05) is 19.9 Å². The second kappa shape index (κ2) is 12.2. The zero-order valence-corrected chi connectivity index (χ0v) is 25.6. The number of thiocarbonyl (C=S) groups is 1. The van der Waals surface area contributed by atoms with Crippen molar-refractivity contribution in [2.24, 2.45) is 0 Å². The number of anilines is 1. The molecule has 0 aromatic heterocycles. The molecule has 2 amide bonds. The second-order valence-electron chi connectivity index (χ2n) is 8.18. The monoisotopic (exact) mass is 696 g/mol. The van der Waals surface area contributed by atoms with Crippen molar-refractivity contribution in [2.75, 3.05) is 11.5 Å². The zero-order valence-electron chi connectivity index (χ0n) is 20.1. The molecule has 0 saturated carbocycles. The highest BCUT2D eigenvalue weighted by Gasteiger charge is 2.35. The molecule has 1 aliphatic heterocycles. The summed E-state index contributed by atoms with van der Waals surface area (Å²) >= 11 is 24.5. The minimum atomic E-state index is -0.585. The van der Waals surface area contributed by atoms with Crippen LogP contribution in [0.25, 0.3) is 6.08 Å². The van der Waals surface area contributed by atoms with E-state index >= 15 is 0 Å². The minimum absolute atomic E-state index is 0.0170. The molecule has 1 N–H and O–H groups in total. The number of ether oxygens (including phenoxy) is 2. The summed E-state index contributed by atoms with van der Waals surface area (Å²) in [5, 5.41) is 3.64. The molecule has 1 saturated heterocycles. The van der Waals surface area contributed by atoms with Crippen LogP contribution >= 0.6 is 67.3 Å². The summed E-state index contributed by atoms with van der Waals surface area (Å²) in [6, 6.07) is 14.0. The van der Waals surface area contributed by atoms with Crippen LogP contribution in [-0.2, 0) is 16.2 Å². The molecule has 0 aliphatic carbocycles. The third-order valence-corrected chi connectivity index (χ3v) is 7.49. The normalized spacial score (nSPS) is 14.6. The first-order chi connectivity index (χ1) is 18.1. The average molecular weight is 699 g/mol. The Morgan fingerprint density at radius 2 is 1.82 bits per heavy atom. The zero-order chi connectivity index (χ0) is 27.6. The largest absolute Gasteiger partial charge is 0.490 e. The lowest BCUT2D eigenvalue weighted by molar-refractivity contribution is -0.122. The van der Waals surface area contributed by atoms with Crippen LogP contribution in [0.2, 0.25) is 10.0 Å². The molecule has 1 aliphatic rings. The highest BCUT2D eigenvalue weighted by atomic mass is 79.9. The standard InChI is InChI=1S/C27H20Br2Cl2N2O4S/c1-3-36-23-11-15(10-20(29)24(23)37-13-16-4-6-18(30)12-21(16)31)9-19-25(34)32-27(38)33(26(19)35)22-7-5-17(28)8-14(22)2/h4-12H,3,13H2,1-2H3,(H,32,34,38)/b19-9+. The van der Waals surface area contributed by atoms with Gasteiger partial charge in [0.2, 0.25) is 0 Å². The van der Waals surface area contributed by atoms with E-state index in [1.54, 1.807) is 42.5 Å². The van der Waals surface area contributed by atoms with Crippen molar-refractivity contribution in [1.29, 1.82) is 0 Å². The smallest absolute Gasteiger partial charge is 0.270 e. The minimum Gasteiger partial charge on any atom is -0.490 e. The molecule has 4 rings (SSSR count). The number of hydrogen-bond donors (Lipinski definition) is 1. The van der Waals surface area contributed by atoms with E-state index in [0.29, 0.717) is 43.9 Å². The third kappa shape index (κ3) is 6.24. The Labute approximate surface area is 252 Å². The van der Waals surface area contributed by atoms with Crippen LogP contribution in [0.1, 0.15) is 23.6 Å². The molecule has 3 aromatic rings. The Morgan fingerprint density at radius 3 is 2.50 bits per heavy atom. The van der Waals surface area contributed by atoms with E-state index in [2.05, 4.69) is 37.2 Å². The molecule has 11 heteroatoms. The number of nitrogens with one attached hydrogen (secondary N) is 1. The van der Waals surface area contributed by atoms with E-state index in [-0.39, 0.29) is 17.3 Å². The van der Waals surface area contributed by atoms with Gasteiger partial charge in [-0.05, 0) is 102 Å². The summed E-state index contributed by atoms with van der Waals surface area (Å²) in [7, 11) is 0. The third-order valence-electron chi connectivity index (χ3n) is 5.53. The molecule has 0 unspecified atom stereocenters. The van der Waals surface area contributed by atoms with Gasteiger partial charge in [0.25, 0.3) is 11.8 Å². The maximum atomic E-state index is 13.5. The highest BCUT2D eigenvalue weighted by Crippen LogP contribution is 2.39. The molecule has 0 bridgehead atoms. The molecule has 3 aromatic carbocycles. The van der Waals surface area contributed by atoms with Crippen molar-refractivity contribution in [3.8, 4) is 11.5 Å². The number of carbonyl (C=O) groups is 2. The van der Waals surface area contributed by atoms with Crippen molar-refractivity contribution in [1.82, 2.24) is 5.32 Å².